The van der Waals surface area contributed by atoms with E-state index in [0.717, 1.165) is 28.1 Å². The Bertz CT molecular complexity index is 789. The monoisotopic (exact) mass is 275 g/mol. The highest BCUT2D eigenvalue weighted by molar-refractivity contribution is 5.90. The Hall–Kier alpha value is -2.42. The molecule has 0 spiro atoms. The summed E-state index contributed by atoms with van der Waals surface area (Å²) in [7, 11) is 0. The van der Waals surface area contributed by atoms with E-state index < -0.39 is 0 Å². The lowest BCUT2D eigenvalue weighted by Gasteiger charge is -2.10. The Kier molecular flexibility index (Phi) is 2.85. The molecule has 1 N–H and O–H groups in total. The van der Waals surface area contributed by atoms with Crippen LogP contribution in [0.5, 0.6) is 0 Å². The Labute approximate surface area is 124 Å². The molecule has 0 aliphatic heterocycles. The number of anilines is 1. The van der Waals surface area contributed by atoms with Gasteiger partial charge in [-0.25, -0.2) is 9.97 Å². The first-order chi connectivity index (χ1) is 10.3. The molecule has 104 valence electrons. The first-order valence-corrected chi connectivity index (χ1v) is 7.40. The Morgan fingerprint density at radius 1 is 0.952 bits per heavy atom. The number of aryl methyl sites for hydroxylation is 1. The van der Waals surface area contributed by atoms with Crippen molar-refractivity contribution in [1.82, 2.24) is 9.97 Å². The summed E-state index contributed by atoms with van der Waals surface area (Å²) in [4.78, 5) is 9.47. The molecule has 0 atom stereocenters. The average Bonchev–Trinajstić information content (AvgIpc) is 3.32. The van der Waals surface area contributed by atoms with Crippen LogP contribution < -0.4 is 5.32 Å². The van der Waals surface area contributed by atoms with Crippen LogP contribution in [0.25, 0.3) is 22.3 Å². The van der Waals surface area contributed by atoms with Crippen LogP contribution in [-0.2, 0) is 0 Å². The Morgan fingerprint density at radius 3 is 2.48 bits per heavy atom. The van der Waals surface area contributed by atoms with Gasteiger partial charge in [0.25, 0.3) is 0 Å². The highest BCUT2D eigenvalue weighted by atomic mass is 15.1. The molecular formula is C18H17N3. The quantitative estimate of drug-likeness (QED) is 0.779. The molecule has 21 heavy (non-hydrogen) atoms. The number of nitrogens with zero attached hydrogens (tertiary/aromatic N) is 2. The van der Waals surface area contributed by atoms with Gasteiger partial charge in [-0.15, -0.1) is 0 Å². The number of para-hydroxylation sites is 1. The highest BCUT2D eigenvalue weighted by Gasteiger charge is 2.22. The van der Waals surface area contributed by atoms with E-state index >= 15 is 0 Å². The maximum atomic E-state index is 4.76. The van der Waals surface area contributed by atoms with Gasteiger partial charge in [-0.1, -0.05) is 42.0 Å². The largest absolute Gasteiger partial charge is 0.367 e. The number of nitrogens with one attached hydrogen (secondary N) is 1. The third-order valence-electron chi connectivity index (χ3n) is 3.83. The predicted molar refractivity (Wildman–Crippen MR) is 86.4 cm³/mol. The molecule has 1 aromatic heterocycles. The Morgan fingerprint density at radius 2 is 1.71 bits per heavy atom. The molecule has 1 saturated carbocycles. The summed E-state index contributed by atoms with van der Waals surface area (Å²) in [6.45, 7) is 2.09. The zero-order chi connectivity index (χ0) is 14.2. The summed E-state index contributed by atoms with van der Waals surface area (Å²) in [6.07, 6.45) is 2.47. The fourth-order valence-electron chi connectivity index (χ4n) is 2.44. The molecule has 0 bridgehead atoms. The second kappa shape index (κ2) is 4.85. The standard InChI is InChI=1S/C18H17N3/c1-12-6-8-13(9-7-12)17-20-16-5-3-2-4-15(16)18(21-17)19-14-10-11-14/h2-9,14H,10-11H2,1H3,(H,19,20,21). The van der Waals surface area contributed by atoms with Crippen LogP contribution in [0.2, 0.25) is 0 Å². The lowest BCUT2D eigenvalue weighted by atomic mass is 10.1. The van der Waals surface area contributed by atoms with Crippen LogP contribution in [0.3, 0.4) is 0 Å². The smallest absolute Gasteiger partial charge is 0.162 e. The highest BCUT2D eigenvalue weighted by Crippen LogP contribution is 2.29. The minimum absolute atomic E-state index is 0.578. The first kappa shape index (κ1) is 12.3. The number of hydrogen-bond acceptors (Lipinski definition) is 3. The molecule has 3 aromatic rings. The molecule has 0 saturated heterocycles. The molecule has 4 rings (SSSR count). The van der Waals surface area contributed by atoms with Crippen LogP contribution in [0.1, 0.15) is 18.4 Å². The van der Waals surface area contributed by atoms with E-state index in [1.165, 1.54) is 18.4 Å². The number of rotatable bonds is 3. The molecule has 0 unspecified atom stereocenters. The van der Waals surface area contributed by atoms with Gasteiger partial charge < -0.3 is 5.32 Å². The van der Waals surface area contributed by atoms with Crippen LogP contribution >= 0.6 is 0 Å². The van der Waals surface area contributed by atoms with Crippen molar-refractivity contribution in [2.75, 3.05) is 5.32 Å². The number of hydrogen-bond donors (Lipinski definition) is 1. The van der Waals surface area contributed by atoms with E-state index in [0.29, 0.717) is 6.04 Å². The topological polar surface area (TPSA) is 37.8 Å². The molecule has 3 heteroatoms. The lowest BCUT2D eigenvalue weighted by Crippen LogP contribution is -2.05. The lowest BCUT2D eigenvalue weighted by molar-refractivity contribution is 1.11. The first-order valence-electron chi connectivity index (χ1n) is 7.40. The fraction of sp³-hybridized carbons (Fsp3) is 0.222. The maximum absolute atomic E-state index is 4.76. The average molecular weight is 275 g/mol. The summed E-state index contributed by atoms with van der Waals surface area (Å²) in [5.74, 6) is 1.75. The van der Waals surface area contributed by atoms with Crippen LogP contribution in [0.15, 0.2) is 48.5 Å². The zero-order valence-electron chi connectivity index (χ0n) is 12.0. The van der Waals surface area contributed by atoms with Gasteiger partial charge in [0.2, 0.25) is 0 Å². The summed E-state index contributed by atoms with van der Waals surface area (Å²) in [5, 5.41) is 4.63. The van der Waals surface area contributed by atoms with Crippen molar-refractivity contribution < 1.29 is 0 Å². The van der Waals surface area contributed by atoms with Crippen molar-refractivity contribution in [1.29, 1.82) is 0 Å². The molecule has 1 aliphatic carbocycles. The molecule has 3 nitrogen and oxygen atoms in total. The number of fused-ring (bicyclic) bond motifs is 1. The molecule has 1 heterocycles. The zero-order valence-corrected chi connectivity index (χ0v) is 12.0. The van der Waals surface area contributed by atoms with Gasteiger partial charge in [-0.05, 0) is 31.9 Å². The van der Waals surface area contributed by atoms with Gasteiger partial charge in [0.15, 0.2) is 5.82 Å². The molecule has 0 amide bonds. The molecular weight excluding hydrogens is 258 g/mol. The van der Waals surface area contributed by atoms with E-state index in [2.05, 4.69) is 42.6 Å². The second-order valence-electron chi connectivity index (χ2n) is 5.70. The minimum Gasteiger partial charge on any atom is -0.367 e. The van der Waals surface area contributed by atoms with E-state index in [-0.39, 0.29) is 0 Å². The number of benzene rings is 2. The van der Waals surface area contributed by atoms with Crippen molar-refractivity contribution in [3.05, 3.63) is 54.1 Å². The normalized spacial score (nSPS) is 14.3. The second-order valence-corrected chi connectivity index (χ2v) is 5.70. The third kappa shape index (κ3) is 2.47. The summed E-state index contributed by atoms with van der Waals surface area (Å²) < 4.78 is 0. The molecule has 2 aromatic carbocycles. The van der Waals surface area contributed by atoms with Crippen molar-refractivity contribution in [2.24, 2.45) is 0 Å². The Balaban J connectivity index is 1.86. The third-order valence-corrected chi connectivity index (χ3v) is 3.83. The van der Waals surface area contributed by atoms with Gasteiger partial charge in [0.1, 0.15) is 5.82 Å². The summed E-state index contributed by atoms with van der Waals surface area (Å²) in [5.41, 5.74) is 3.30. The molecule has 1 fully saturated rings. The van der Waals surface area contributed by atoms with Crippen molar-refractivity contribution in [2.45, 2.75) is 25.8 Å². The number of aromatic nitrogens is 2. The van der Waals surface area contributed by atoms with Gasteiger partial charge in [0.05, 0.1) is 5.52 Å². The van der Waals surface area contributed by atoms with Gasteiger partial charge in [-0.3, -0.25) is 0 Å². The SMILES string of the molecule is Cc1ccc(-c2nc(NC3CC3)c3ccccc3n2)cc1. The summed E-state index contributed by atoms with van der Waals surface area (Å²) in [6, 6.07) is 17.1. The van der Waals surface area contributed by atoms with Crippen LogP contribution in [0, 0.1) is 6.92 Å². The predicted octanol–water partition coefficient (Wildman–Crippen LogP) is 4.18. The van der Waals surface area contributed by atoms with Crippen molar-refractivity contribution in [3.8, 4) is 11.4 Å². The minimum atomic E-state index is 0.578. The fourth-order valence-corrected chi connectivity index (χ4v) is 2.44. The van der Waals surface area contributed by atoms with Gasteiger partial charge in [-0.2, -0.15) is 0 Å². The summed E-state index contributed by atoms with van der Waals surface area (Å²) >= 11 is 0. The van der Waals surface area contributed by atoms with Crippen LogP contribution in [0.4, 0.5) is 5.82 Å². The molecule has 1 aliphatic rings. The van der Waals surface area contributed by atoms with Crippen molar-refractivity contribution >= 4 is 16.7 Å². The van der Waals surface area contributed by atoms with E-state index in [1.807, 2.05) is 18.2 Å². The van der Waals surface area contributed by atoms with Gasteiger partial charge >= 0.3 is 0 Å². The van der Waals surface area contributed by atoms with E-state index in [4.69, 9.17) is 9.97 Å². The van der Waals surface area contributed by atoms with Crippen molar-refractivity contribution in [3.63, 3.8) is 0 Å². The van der Waals surface area contributed by atoms with E-state index in [1.54, 1.807) is 0 Å². The van der Waals surface area contributed by atoms with E-state index in [9.17, 15) is 0 Å². The molecule has 0 radical (unpaired) electrons. The van der Waals surface area contributed by atoms with Gasteiger partial charge in [0, 0.05) is 17.0 Å². The maximum Gasteiger partial charge on any atom is 0.162 e. The van der Waals surface area contributed by atoms with Crippen LogP contribution in [-0.4, -0.2) is 16.0 Å².